The van der Waals surface area contributed by atoms with Gasteiger partial charge in [0, 0.05) is 0 Å². The smallest absolute Gasteiger partial charge is 0.338 e. The lowest BCUT2D eigenvalue weighted by molar-refractivity contribution is 0.0496. The lowest BCUT2D eigenvalue weighted by Crippen LogP contribution is -2.13. The highest BCUT2D eigenvalue weighted by atomic mass is 16.5. The fourth-order valence-corrected chi connectivity index (χ4v) is 3.25. The number of rotatable bonds is 17. The first-order valence-corrected chi connectivity index (χ1v) is 11.7. The van der Waals surface area contributed by atoms with Gasteiger partial charge in [-0.05, 0) is 31.0 Å². The molecule has 0 amide bonds. The van der Waals surface area contributed by atoms with Gasteiger partial charge in [0.25, 0.3) is 0 Å². The number of unbranched alkanes of at least 4 members (excludes halogenated alkanes) is 10. The van der Waals surface area contributed by atoms with E-state index in [1.165, 1.54) is 56.7 Å². The van der Waals surface area contributed by atoms with Crippen molar-refractivity contribution in [2.45, 2.75) is 90.9 Å². The van der Waals surface area contributed by atoms with Crippen LogP contribution >= 0.6 is 0 Å². The fraction of sp³-hybridized carbons (Fsp3) is 0.640. The average Bonchev–Trinajstić information content (AvgIpc) is 2.77. The Balaban J connectivity index is 2.56. The molecule has 0 aliphatic carbocycles. The van der Waals surface area contributed by atoms with E-state index in [2.05, 4.69) is 13.8 Å². The zero-order valence-electron chi connectivity index (χ0n) is 19.1. The summed E-state index contributed by atoms with van der Waals surface area (Å²) in [7, 11) is 0. The van der Waals surface area contributed by atoms with E-state index >= 15 is 0 Å². The van der Waals surface area contributed by atoms with Crippen LogP contribution in [0.2, 0.25) is 0 Å². The van der Waals surface area contributed by atoms with Crippen molar-refractivity contribution in [2.75, 3.05) is 13.2 Å². The highest BCUT2D eigenvalue weighted by Crippen LogP contribution is 2.15. The van der Waals surface area contributed by atoms with Gasteiger partial charge in [0.2, 0.25) is 0 Å². The summed E-state index contributed by atoms with van der Waals surface area (Å²) in [4.78, 5) is 36.1. The number of aromatic carboxylic acids is 1. The Hall–Kier alpha value is -2.37. The molecule has 1 rings (SSSR count). The number of carbonyl (C=O) groups excluding carboxylic acids is 2. The minimum atomic E-state index is -1.21. The molecule has 1 aromatic carbocycles. The molecule has 174 valence electrons. The first-order chi connectivity index (χ1) is 15.0. The third-order valence-electron chi connectivity index (χ3n) is 5.11. The molecule has 0 saturated heterocycles. The molecule has 0 saturated carbocycles. The van der Waals surface area contributed by atoms with E-state index in [0.717, 1.165) is 38.5 Å². The number of ether oxygens (including phenoxy) is 2. The summed E-state index contributed by atoms with van der Waals surface area (Å²) >= 11 is 0. The van der Waals surface area contributed by atoms with Crippen molar-refractivity contribution in [1.29, 1.82) is 0 Å². The molecule has 1 N–H and O–H groups in total. The van der Waals surface area contributed by atoms with Crippen molar-refractivity contribution in [3.63, 3.8) is 0 Å². The minimum absolute atomic E-state index is 0.0531. The third kappa shape index (κ3) is 11.6. The topological polar surface area (TPSA) is 89.9 Å². The maximum Gasteiger partial charge on any atom is 0.338 e. The summed E-state index contributed by atoms with van der Waals surface area (Å²) in [5.74, 6) is -2.46. The van der Waals surface area contributed by atoms with Crippen LogP contribution in [0.15, 0.2) is 18.2 Å². The summed E-state index contributed by atoms with van der Waals surface area (Å²) in [6.07, 6.45) is 12.8. The Labute approximate surface area is 186 Å². The van der Waals surface area contributed by atoms with Crippen LogP contribution in [-0.2, 0) is 9.47 Å². The Kier molecular flexibility index (Phi) is 14.1. The van der Waals surface area contributed by atoms with Crippen molar-refractivity contribution >= 4 is 17.9 Å². The van der Waals surface area contributed by atoms with Gasteiger partial charge in [-0.25, -0.2) is 14.4 Å². The molecule has 0 atom stereocenters. The van der Waals surface area contributed by atoms with E-state index in [0.29, 0.717) is 0 Å². The summed E-state index contributed by atoms with van der Waals surface area (Å²) < 4.78 is 10.5. The van der Waals surface area contributed by atoms with Crippen LogP contribution in [0.5, 0.6) is 0 Å². The number of esters is 2. The van der Waals surface area contributed by atoms with Gasteiger partial charge in [-0.3, -0.25) is 0 Å². The zero-order valence-corrected chi connectivity index (χ0v) is 19.1. The predicted molar refractivity (Wildman–Crippen MR) is 121 cm³/mol. The Bertz CT molecular complexity index is 634. The van der Waals surface area contributed by atoms with Crippen LogP contribution in [-0.4, -0.2) is 36.2 Å². The van der Waals surface area contributed by atoms with Gasteiger partial charge in [-0.1, -0.05) is 78.1 Å². The molecule has 1 aromatic rings. The van der Waals surface area contributed by atoms with E-state index in [4.69, 9.17) is 9.47 Å². The predicted octanol–water partition coefficient (Wildman–Crippen LogP) is 6.42. The summed E-state index contributed by atoms with van der Waals surface area (Å²) in [6.45, 7) is 4.87. The van der Waals surface area contributed by atoms with Gasteiger partial charge in [0.05, 0.1) is 29.9 Å². The van der Waals surface area contributed by atoms with E-state index in [-0.39, 0.29) is 29.9 Å². The Morgan fingerprint density at radius 1 is 0.613 bits per heavy atom. The number of hydrogen-bond acceptors (Lipinski definition) is 5. The van der Waals surface area contributed by atoms with Crippen LogP contribution in [0.1, 0.15) is 122 Å². The summed E-state index contributed by atoms with van der Waals surface area (Å²) in [6, 6.07) is 3.81. The van der Waals surface area contributed by atoms with E-state index in [1.807, 2.05) is 0 Å². The molecule has 0 aromatic heterocycles. The first kappa shape index (κ1) is 26.7. The highest BCUT2D eigenvalue weighted by Gasteiger charge is 2.17. The third-order valence-corrected chi connectivity index (χ3v) is 5.11. The fourth-order valence-electron chi connectivity index (χ4n) is 3.25. The van der Waals surface area contributed by atoms with Gasteiger partial charge in [-0.15, -0.1) is 0 Å². The lowest BCUT2D eigenvalue weighted by Gasteiger charge is -2.09. The molecule has 0 fully saturated rings. The van der Waals surface area contributed by atoms with Gasteiger partial charge in [-0.2, -0.15) is 0 Å². The molecule has 0 aliphatic heterocycles. The molecule has 6 nitrogen and oxygen atoms in total. The van der Waals surface area contributed by atoms with Gasteiger partial charge >= 0.3 is 17.9 Å². The standard InChI is InChI=1S/C25H38O6/c1-3-5-7-9-11-13-15-30-24(28)21-17-20(23(26)27)18-22(19-21)25(29)31-16-14-12-10-8-6-4-2/h17-19H,3-16H2,1-2H3,(H,26,27). The molecule has 0 bridgehead atoms. The van der Waals surface area contributed by atoms with E-state index in [9.17, 15) is 19.5 Å². The number of carboxylic acid groups (broad SMARTS) is 1. The molecule has 6 heteroatoms. The van der Waals surface area contributed by atoms with Crippen LogP contribution in [0, 0.1) is 0 Å². The first-order valence-electron chi connectivity index (χ1n) is 11.7. The van der Waals surface area contributed by atoms with E-state index < -0.39 is 17.9 Å². The van der Waals surface area contributed by atoms with Crippen molar-refractivity contribution in [2.24, 2.45) is 0 Å². The van der Waals surface area contributed by atoms with Crippen molar-refractivity contribution in [3.05, 3.63) is 34.9 Å². The maximum absolute atomic E-state index is 12.3. The van der Waals surface area contributed by atoms with Crippen molar-refractivity contribution in [1.82, 2.24) is 0 Å². The number of hydrogen-bond donors (Lipinski definition) is 1. The quantitative estimate of drug-likeness (QED) is 0.225. The molecule has 0 aliphatic rings. The van der Waals surface area contributed by atoms with Crippen LogP contribution < -0.4 is 0 Å². The second kappa shape index (κ2) is 16.3. The number of benzene rings is 1. The zero-order chi connectivity index (χ0) is 22.9. The van der Waals surface area contributed by atoms with Crippen LogP contribution in [0.25, 0.3) is 0 Å². The summed E-state index contributed by atoms with van der Waals surface area (Å²) in [5, 5.41) is 9.33. The van der Waals surface area contributed by atoms with Crippen LogP contribution in [0.4, 0.5) is 0 Å². The SMILES string of the molecule is CCCCCCCCOC(=O)c1cc(C(=O)O)cc(C(=O)OCCCCCCCC)c1. The minimum Gasteiger partial charge on any atom is -0.478 e. The summed E-state index contributed by atoms with van der Waals surface area (Å²) in [5.41, 5.74) is -0.0321. The second-order valence-electron chi connectivity index (χ2n) is 7.91. The average molecular weight is 435 g/mol. The van der Waals surface area contributed by atoms with E-state index in [1.54, 1.807) is 0 Å². The number of carbonyl (C=O) groups is 3. The lowest BCUT2D eigenvalue weighted by atomic mass is 10.1. The molecule has 31 heavy (non-hydrogen) atoms. The largest absolute Gasteiger partial charge is 0.478 e. The van der Waals surface area contributed by atoms with Crippen molar-refractivity contribution < 1.29 is 29.0 Å². The Morgan fingerprint density at radius 2 is 0.968 bits per heavy atom. The molecule has 0 unspecified atom stereocenters. The molecular formula is C25H38O6. The van der Waals surface area contributed by atoms with Crippen molar-refractivity contribution in [3.8, 4) is 0 Å². The monoisotopic (exact) mass is 434 g/mol. The van der Waals surface area contributed by atoms with Gasteiger partial charge in [0.1, 0.15) is 0 Å². The highest BCUT2D eigenvalue weighted by molar-refractivity contribution is 6.00. The van der Waals surface area contributed by atoms with Crippen LogP contribution in [0.3, 0.4) is 0 Å². The molecule has 0 radical (unpaired) electrons. The molecule has 0 heterocycles. The number of carboxylic acids is 1. The molecule has 0 spiro atoms. The van der Waals surface area contributed by atoms with Gasteiger partial charge in [0.15, 0.2) is 0 Å². The second-order valence-corrected chi connectivity index (χ2v) is 7.91. The maximum atomic E-state index is 12.3. The normalized spacial score (nSPS) is 10.6. The molecular weight excluding hydrogens is 396 g/mol. The van der Waals surface area contributed by atoms with Gasteiger partial charge < -0.3 is 14.6 Å². The Morgan fingerprint density at radius 3 is 1.35 bits per heavy atom.